The Kier molecular flexibility index (Phi) is 4.46. The molecule has 0 bridgehead atoms. The topological polar surface area (TPSA) is 113 Å². The standard InChI is InChI=1S/C10H7BrN2O5S3/c1-4(14)5-3-19-10(12-5)13-21(17,18)7-2-6(9(15)16)20-8(7)11/h2-3H,1H3,(H,12,13)(H,15,16). The highest BCUT2D eigenvalue weighted by Gasteiger charge is 2.24. The molecule has 0 unspecified atom stereocenters. The van der Waals surface area contributed by atoms with Crippen LogP contribution in [0.3, 0.4) is 0 Å². The minimum atomic E-state index is -3.98. The molecule has 0 radical (unpaired) electrons. The number of Topliss-reactive ketones (excluding diaryl/α,β-unsaturated/α-hetero) is 1. The van der Waals surface area contributed by atoms with E-state index < -0.39 is 16.0 Å². The van der Waals surface area contributed by atoms with Crippen LogP contribution >= 0.6 is 38.6 Å². The highest BCUT2D eigenvalue weighted by molar-refractivity contribution is 9.11. The number of ketones is 1. The zero-order valence-corrected chi connectivity index (χ0v) is 14.3. The number of thiazole rings is 1. The van der Waals surface area contributed by atoms with Crippen molar-refractivity contribution in [2.75, 3.05) is 4.72 Å². The molecule has 0 fully saturated rings. The van der Waals surface area contributed by atoms with E-state index in [9.17, 15) is 18.0 Å². The van der Waals surface area contributed by atoms with E-state index in [0.29, 0.717) is 0 Å². The van der Waals surface area contributed by atoms with Crippen LogP contribution in [0.25, 0.3) is 0 Å². The van der Waals surface area contributed by atoms with Crippen LogP contribution in [0.5, 0.6) is 0 Å². The third-order valence-corrected chi connectivity index (χ3v) is 6.71. The summed E-state index contributed by atoms with van der Waals surface area (Å²) in [5.74, 6) is -1.49. The van der Waals surface area contributed by atoms with Crippen LogP contribution in [0, 0.1) is 0 Å². The molecule has 2 rings (SSSR count). The van der Waals surface area contributed by atoms with E-state index in [2.05, 4.69) is 25.6 Å². The number of nitrogens with one attached hydrogen (secondary N) is 1. The van der Waals surface area contributed by atoms with Crippen molar-refractivity contribution in [2.45, 2.75) is 11.8 Å². The summed E-state index contributed by atoms with van der Waals surface area (Å²) >= 11 is 4.79. The quantitative estimate of drug-likeness (QED) is 0.732. The fourth-order valence-electron chi connectivity index (χ4n) is 1.29. The molecule has 21 heavy (non-hydrogen) atoms. The maximum atomic E-state index is 12.2. The lowest BCUT2D eigenvalue weighted by molar-refractivity contribution is 0.0701. The Labute approximate surface area is 135 Å². The van der Waals surface area contributed by atoms with Crippen molar-refractivity contribution in [3.8, 4) is 0 Å². The molecule has 7 nitrogen and oxygen atoms in total. The van der Waals surface area contributed by atoms with Crippen molar-refractivity contribution in [3.63, 3.8) is 0 Å². The number of carboxylic acids is 1. The first kappa shape index (κ1) is 16.1. The van der Waals surface area contributed by atoms with Crippen molar-refractivity contribution < 1.29 is 23.1 Å². The summed E-state index contributed by atoms with van der Waals surface area (Å²) in [6.45, 7) is 1.32. The van der Waals surface area contributed by atoms with Gasteiger partial charge in [-0.05, 0) is 22.0 Å². The van der Waals surface area contributed by atoms with Gasteiger partial charge in [0.1, 0.15) is 15.5 Å². The number of hydrogen-bond acceptors (Lipinski definition) is 7. The average Bonchev–Trinajstić information content (AvgIpc) is 2.95. The van der Waals surface area contributed by atoms with Crippen molar-refractivity contribution in [2.24, 2.45) is 0 Å². The smallest absolute Gasteiger partial charge is 0.345 e. The number of sulfonamides is 1. The Bertz CT molecular complexity index is 824. The predicted octanol–water partition coefficient (Wildman–Crippen LogP) is 2.67. The second-order valence-electron chi connectivity index (χ2n) is 3.75. The number of thiophene rings is 1. The molecule has 0 aromatic carbocycles. The summed E-state index contributed by atoms with van der Waals surface area (Å²) in [6, 6.07) is 1.05. The van der Waals surface area contributed by atoms with Gasteiger partial charge in [-0.1, -0.05) is 0 Å². The first-order chi connectivity index (χ1) is 9.70. The number of nitrogens with zero attached hydrogens (tertiary/aromatic N) is 1. The summed E-state index contributed by atoms with van der Waals surface area (Å²) in [5.41, 5.74) is 0.160. The van der Waals surface area contributed by atoms with E-state index in [4.69, 9.17) is 5.11 Å². The Morgan fingerprint density at radius 1 is 1.43 bits per heavy atom. The molecule has 2 N–H and O–H groups in total. The molecule has 0 atom stereocenters. The zero-order valence-electron chi connectivity index (χ0n) is 10.3. The van der Waals surface area contributed by atoms with Gasteiger partial charge in [-0.2, -0.15) is 0 Å². The highest BCUT2D eigenvalue weighted by Crippen LogP contribution is 2.33. The molecular weight excluding hydrogens is 404 g/mol. The number of aromatic carboxylic acids is 1. The summed E-state index contributed by atoms with van der Waals surface area (Å²) in [7, 11) is -3.98. The largest absolute Gasteiger partial charge is 0.477 e. The van der Waals surface area contributed by atoms with Gasteiger partial charge >= 0.3 is 5.97 Å². The van der Waals surface area contributed by atoms with Gasteiger partial charge in [0.25, 0.3) is 10.0 Å². The minimum absolute atomic E-state index is 0.0372. The molecule has 0 saturated carbocycles. The first-order valence-corrected chi connectivity index (χ1v) is 9.20. The number of aromatic nitrogens is 1. The van der Waals surface area contributed by atoms with E-state index in [1.807, 2.05) is 0 Å². The molecule has 0 aliphatic carbocycles. The monoisotopic (exact) mass is 410 g/mol. The van der Waals surface area contributed by atoms with Crippen LogP contribution in [0.1, 0.15) is 27.1 Å². The molecule has 11 heteroatoms. The van der Waals surface area contributed by atoms with Crippen molar-refractivity contribution in [1.82, 2.24) is 4.98 Å². The SMILES string of the molecule is CC(=O)c1csc(NS(=O)(=O)c2cc(C(=O)O)sc2Br)n1. The molecule has 2 aromatic heterocycles. The Morgan fingerprint density at radius 3 is 2.57 bits per heavy atom. The van der Waals surface area contributed by atoms with Crippen LogP contribution in [0.15, 0.2) is 20.1 Å². The zero-order chi connectivity index (χ0) is 15.8. The molecule has 0 spiro atoms. The predicted molar refractivity (Wildman–Crippen MR) is 81.9 cm³/mol. The summed E-state index contributed by atoms with van der Waals surface area (Å²) in [4.78, 5) is 25.5. The van der Waals surface area contributed by atoms with Gasteiger partial charge in [0.2, 0.25) is 0 Å². The maximum absolute atomic E-state index is 12.2. The fourth-order valence-corrected chi connectivity index (χ4v) is 5.70. The highest BCUT2D eigenvalue weighted by atomic mass is 79.9. The van der Waals surface area contributed by atoms with Gasteiger partial charge < -0.3 is 5.11 Å². The summed E-state index contributed by atoms with van der Waals surface area (Å²) in [6.07, 6.45) is 0. The van der Waals surface area contributed by atoms with E-state index in [1.165, 1.54) is 12.3 Å². The Hall–Kier alpha value is -1.30. The van der Waals surface area contributed by atoms with E-state index in [-0.39, 0.29) is 30.2 Å². The molecule has 2 aromatic rings. The molecule has 0 aliphatic rings. The summed E-state index contributed by atoms with van der Waals surface area (Å²) in [5, 5.41) is 10.3. The van der Waals surface area contributed by atoms with Gasteiger partial charge in [-0.3, -0.25) is 9.52 Å². The van der Waals surface area contributed by atoms with Gasteiger partial charge in [0.15, 0.2) is 10.9 Å². The van der Waals surface area contributed by atoms with Crippen LogP contribution < -0.4 is 4.72 Å². The molecule has 112 valence electrons. The van der Waals surface area contributed by atoms with E-state index in [1.54, 1.807) is 0 Å². The van der Waals surface area contributed by atoms with E-state index in [0.717, 1.165) is 28.7 Å². The van der Waals surface area contributed by atoms with Gasteiger partial charge in [0.05, 0.1) is 3.79 Å². The van der Waals surface area contributed by atoms with Crippen molar-refractivity contribution in [1.29, 1.82) is 0 Å². The lowest BCUT2D eigenvalue weighted by Gasteiger charge is -2.03. The number of carbonyl (C=O) groups excluding carboxylic acids is 1. The van der Waals surface area contributed by atoms with Crippen LogP contribution in [-0.2, 0) is 10.0 Å². The average molecular weight is 411 g/mol. The molecule has 2 heterocycles. The first-order valence-electron chi connectivity index (χ1n) is 5.22. The van der Waals surface area contributed by atoms with Crippen molar-refractivity contribution >= 4 is 65.5 Å². The molecular formula is C10H7BrN2O5S3. The van der Waals surface area contributed by atoms with Crippen LogP contribution in [0.4, 0.5) is 5.13 Å². The maximum Gasteiger partial charge on any atom is 0.345 e. The number of carbonyl (C=O) groups is 2. The van der Waals surface area contributed by atoms with Gasteiger partial charge in [0, 0.05) is 12.3 Å². The number of rotatable bonds is 5. The Morgan fingerprint density at radius 2 is 2.10 bits per heavy atom. The van der Waals surface area contributed by atoms with Gasteiger partial charge in [-0.25, -0.2) is 18.2 Å². The number of anilines is 1. The molecule has 0 aliphatic heterocycles. The van der Waals surface area contributed by atoms with Gasteiger partial charge in [-0.15, -0.1) is 22.7 Å². The lowest BCUT2D eigenvalue weighted by atomic mass is 10.4. The lowest BCUT2D eigenvalue weighted by Crippen LogP contribution is -2.12. The second-order valence-corrected chi connectivity index (χ2v) is 8.63. The van der Waals surface area contributed by atoms with E-state index >= 15 is 0 Å². The number of hydrogen-bond donors (Lipinski definition) is 2. The third kappa shape index (κ3) is 3.48. The summed E-state index contributed by atoms with van der Waals surface area (Å²) < 4.78 is 26.8. The number of halogens is 1. The number of carboxylic acid groups (broad SMARTS) is 1. The third-order valence-electron chi connectivity index (χ3n) is 2.24. The molecule has 0 saturated heterocycles. The minimum Gasteiger partial charge on any atom is -0.477 e. The normalized spacial score (nSPS) is 11.3. The fraction of sp³-hybridized carbons (Fsp3) is 0.100. The molecule has 0 amide bonds. The van der Waals surface area contributed by atoms with Crippen LogP contribution in [0.2, 0.25) is 0 Å². The van der Waals surface area contributed by atoms with Crippen LogP contribution in [-0.4, -0.2) is 30.3 Å². The van der Waals surface area contributed by atoms with Crippen molar-refractivity contribution in [3.05, 3.63) is 25.8 Å². The Balaban J connectivity index is 2.33. The second kappa shape index (κ2) is 5.83.